The number of para-hydroxylation sites is 2. The van der Waals surface area contributed by atoms with Crippen molar-refractivity contribution in [2.75, 3.05) is 12.3 Å². The normalized spacial score (nSPS) is 10.4. The summed E-state index contributed by atoms with van der Waals surface area (Å²) >= 11 is 0. The Hall–Kier alpha value is -1.84. The molecule has 0 heterocycles. The number of ether oxygens (including phenoxy) is 1. The minimum Gasteiger partial charge on any atom is -0.462 e. The number of hydrogen-bond acceptors (Lipinski definition) is 4. The Morgan fingerprint density at radius 1 is 1.57 bits per heavy atom. The third-order valence-corrected chi connectivity index (χ3v) is 1.53. The van der Waals surface area contributed by atoms with Crippen LogP contribution in [0, 0.1) is 0 Å². The SMILES string of the molecule is CCOC(=O)C=Nc1ccccc1N. The van der Waals surface area contributed by atoms with Crippen molar-refractivity contribution in [1.82, 2.24) is 0 Å². The summed E-state index contributed by atoms with van der Waals surface area (Å²) in [5.41, 5.74) is 6.72. The van der Waals surface area contributed by atoms with Gasteiger partial charge in [-0.1, -0.05) is 12.1 Å². The number of benzene rings is 1. The largest absolute Gasteiger partial charge is 0.462 e. The zero-order valence-corrected chi connectivity index (χ0v) is 7.93. The summed E-state index contributed by atoms with van der Waals surface area (Å²) in [6.45, 7) is 2.08. The van der Waals surface area contributed by atoms with E-state index in [-0.39, 0.29) is 0 Å². The van der Waals surface area contributed by atoms with Gasteiger partial charge in [0.25, 0.3) is 0 Å². The van der Waals surface area contributed by atoms with Crippen molar-refractivity contribution in [3.8, 4) is 0 Å². The van der Waals surface area contributed by atoms with E-state index < -0.39 is 5.97 Å². The van der Waals surface area contributed by atoms with Gasteiger partial charge in [-0.3, -0.25) is 0 Å². The molecule has 0 fully saturated rings. The number of nitrogens with two attached hydrogens (primary N) is 1. The van der Waals surface area contributed by atoms with Gasteiger partial charge in [-0.05, 0) is 19.1 Å². The van der Waals surface area contributed by atoms with Gasteiger partial charge >= 0.3 is 5.97 Å². The number of nitrogen functional groups attached to an aromatic ring is 1. The van der Waals surface area contributed by atoms with E-state index in [9.17, 15) is 4.79 Å². The summed E-state index contributed by atoms with van der Waals surface area (Å²) in [5, 5.41) is 0. The molecule has 0 saturated heterocycles. The molecule has 2 N–H and O–H groups in total. The van der Waals surface area contributed by atoms with Crippen LogP contribution in [0.1, 0.15) is 6.92 Å². The summed E-state index contributed by atoms with van der Waals surface area (Å²) in [4.78, 5) is 14.8. The number of carbonyl (C=O) groups is 1. The second-order valence-corrected chi connectivity index (χ2v) is 2.57. The van der Waals surface area contributed by atoms with E-state index in [0.717, 1.165) is 6.21 Å². The standard InChI is InChI=1S/C10H12N2O2/c1-2-14-10(13)7-12-9-6-4-3-5-8(9)11/h3-7H,2,11H2,1H3. The van der Waals surface area contributed by atoms with Crippen LogP contribution in [0.3, 0.4) is 0 Å². The van der Waals surface area contributed by atoms with E-state index in [0.29, 0.717) is 18.0 Å². The lowest BCUT2D eigenvalue weighted by Gasteiger charge is -1.98. The third-order valence-electron chi connectivity index (χ3n) is 1.53. The molecular formula is C10H12N2O2. The Kier molecular flexibility index (Phi) is 3.67. The maximum Gasteiger partial charge on any atom is 0.349 e. The second-order valence-electron chi connectivity index (χ2n) is 2.57. The maximum absolute atomic E-state index is 10.9. The number of aliphatic imine (C=N–C) groups is 1. The molecule has 14 heavy (non-hydrogen) atoms. The quantitative estimate of drug-likeness (QED) is 0.448. The third kappa shape index (κ3) is 2.90. The summed E-state index contributed by atoms with van der Waals surface area (Å²) in [6.07, 6.45) is 1.12. The molecule has 4 nitrogen and oxygen atoms in total. The number of esters is 1. The zero-order chi connectivity index (χ0) is 10.4. The topological polar surface area (TPSA) is 64.7 Å². The minimum absolute atomic E-state index is 0.342. The van der Waals surface area contributed by atoms with Crippen LogP contribution in [0.15, 0.2) is 29.3 Å². The summed E-state index contributed by atoms with van der Waals surface area (Å²) < 4.78 is 4.67. The Morgan fingerprint density at radius 3 is 2.93 bits per heavy atom. The Bertz CT molecular complexity index is 348. The van der Waals surface area contributed by atoms with Gasteiger partial charge in [0.2, 0.25) is 0 Å². The molecule has 0 aliphatic heterocycles. The predicted molar refractivity (Wildman–Crippen MR) is 55.6 cm³/mol. The van der Waals surface area contributed by atoms with Gasteiger partial charge in [0, 0.05) is 0 Å². The van der Waals surface area contributed by atoms with Crippen molar-refractivity contribution in [1.29, 1.82) is 0 Å². The molecule has 0 saturated carbocycles. The molecule has 0 spiro atoms. The molecule has 0 unspecified atom stereocenters. The van der Waals surface area contributed by atoms with Crippen LogP contribution in [0.4, 0.5) is 11.4 Å². The van der Waals surface area contributed by atoms with Crippen LogP contribution < -0.4 is 5.73 Å². The van der Waals surface area contributed by atoms with Crippen molar-refractivity contribution in [2.24, 2.45) is 4.99 Å². The van der Waals surface area contributed by atoms with Gasteiger partial charge < -0.3 is 10.5 Å². The van der Waals surface area contributed by atoms with E-state index >= 15 is 0 Å². The van der Waals surface area contributed by atoms with Crippen molar-refractivity contribution in [2.45, 2.75) is 6.92 Å². The van der Waals surface area contributed by atoms with Crippen LogP contribution in [0.25, 0.3) is 0 Å². The number of rotatable bonds is 3. The molecule has 74 valence electrons. The Morgan fingerprint density at radius 2 is 2.29 bits per heavy atom. The zero-order valence-electron chi connectivity index (χ0n) is 7.93. The molecule has 0 bridgehead atoms. The van der Waals surface area contributed by atoms with E-state index in [4.69, 9.17) is 5.73 Å². The van der Waals surface area contributed by atoms with Crippen LogP contribution in [-0.2, 0) is 9.53 Å². The van der Waals surface area contributed by atoms with E-state index in [1.54, 1.807) is 31.2 Å². The minimum atomic E-state index is -0.462. The van der Waals surface area contributed by atoms with Gasteiger partial charge in [0.15, 0.2) is 0 Å². The molecule has 1 rings (SSSR count). The van der Waals surface area contributed by atoms with Gasteiger partial charge in [0.1, 0.15) is 6.21 Å². The van der Waals surface area contributed by atoms with Crippen molar-refractivity contribution >= 4 is 23.6 Å². The molecule has 4 heteroatoms. The summed E-state index contributed by atoms with van der Waals surface area (Å²) in [6, 6.07) is 7.05. The van der Waals surface area contributed by atoms with Gasteiger partial charge in [0.05, 0.1) is 18.0 Å². The molecule has 1 aromatic carbocycles. The van der Waals surface area contributed by atoms with Gasteiger partial charge in [-0.2, -0.15) is 0 Å². The summed E-state index contributed by atoms with van der Waals surface area (Å²) in [7, 11) is 0. The van der Waals surface area contributed by atoms with E-state index in [2.05, 4.69) is 9.73 Å². The van der Waals surface area contributed by atoms with Crippen LogP contribution in [-0.4, -0.2) is 18.8 Å². The first kappa shape index (κ1) is 10.2. The predicted octanol–water partition coefficient (Wildman–Crippen LogP) is 1.53. The molecule has 0 aliphatic rings. The first-order valence-corrected chi connectivity index (χ1v) is 4.29. The highest BCUT2D eigenvalue weighted by Gasteiger charge is 1.97. The van der Waals surface area contributed by atoms with Gasteiger partial charge in [-0.15, -0.1) is 0 Å². The molecule has 0 radical (unpaired) electrons. The van der Waals surface area contributed by atoms with Crippen LogP contribution >= 0.6 is 0 Å². The molecule has 0 aliphatic carbocycles. The van der Waals surface area contributed by atoms with E-state index in [1.165, 1.54) is 0 Å². The highest BCUT2D eigenvalue weighted by atomic mass is 16.5. The average molecular weight is 192 g/mol. The number of carbonyl (C=O) groups excluding carboxylic acids is 1. The maximum atomic E-state index is 10.9. The number of hydrogen-bond donors (Lipinski definition) is 1. The fraction of sp³-hybridized carbons (Fsp3) is 0.200. The number of nitrogens with zero attached hydrogens (tertiary/aromatic N) is 1. The first-order valence-electron chi connectivity index (χ1n) is 4.29. The lowest BCUT2D eigenvalue weighted by molar-refractivity contribution is -0.134. The Labute approximate surface area is 82.4 Å². The monoisotopic (exact) mass is 192 g/mol. The smallest absolute Gasteiger partial charge is 0.349 e. The van der Waals surface area contributed by atoms with Crippen LogP contribution in [0.5, 0.6) is 0 Å². The molecule has 0 amide bonds. The Balaban J connectivity index is 2.69. The highest BCUT2D eigenvalue weighted by molar-refractivity contribution is 6.23. The van der Waals surface area contributed by atoms with Crippen molar-refractivity contribution in [3.05, 3.63) is 24.3 Å². The fourth-order valence-corrected chi connectivity index (χ4v) is 0.907. The van der Waals surface area contributed by atoms with Crippen molar-refractivity contribution in [3.63, 3.8) is 0 Å². The first-order chi connectivity index (χ1) is 6.74. The lowest BCUT2D eigenvalue weighted by Crippen LogP contribution is -2.04. The van der Waals surface area contributed by atoms with Crippen LogP contribution in [0.2, 0.25) is 0 Å². The summed E-state index contributed by atoms with van der Waals surface area (Å²) in [5.74, 6) is -0.462. The molecule has 0 atom stereocenters. The lowest BCUT2D eigenvalue weighted by atomic mass is 10.3. The second kappa shape index (κ2) is 5.01. The molecule has 0 aromatic heterocycles. The molecule has 1 aromatic rings. The van der Waals surface area contributed by atoms with Crippen molar-refractivity contribution < 1.29 is 9.53 Å². The van der Waals surface area contributed by atoms with E-state index in [1.807, 2.05) is 0 Å². The average Bonchev–Trinajstić information content (AvgIpc) is 2.17. The highest BCUT2D eigenvalue weighted by Crippen LogP contribution is 2.19. The number of anilines is 1. The fourth-order valence-electron chi connectivity index (χ4n) is 0.907. The molecular weight excluding hydrogens is 180 g/mol. The van der Waals surface area contributed by atoms with Gasteiger partial charge in [-0.25, -0.2) is 9.79 Å².